The molecule has 0 aliphatic heterocycles. The number of benzene rings is 1. The van der Waals surface area contributed by atoms with E-state index in [1.807, 2.05) is 14.0 Å². The average Bonchev–Trinajstić information content (AvgIpc) is 2.21. The van der Waals surface area contributed by atoms with Crippen LogP contribution in [0.5, 0.6) is 0 Å². The van der Waals surface area contributed by atoms with Crippen molar-refractivity contribution in [3.8, 4) is 0 Å². The number of hydrogen-bond donors (Lipinski definition) is 1. The molecule has 2 unspecified atom stereocenters. The van der Waals surface area contributed by atoms with Crippen LogP contribution in [-0.4, -0.2) is 7.05 Å². The molecule has 1 aromatic rings. The van der Waals surface area contributed by atoms with Crippen LogP contribution < -0.4 is 5.32 Å². The van der Waals surface area contributed by atoms with Gasteiger partial charge in [-0.1, -0.05) is 33.8 Å². The van der Waals surface area contributed by atoms with Gasteiger partial charge in [0.15, 0.2) is 0 Å². The Morgan fingerprint density at radius 1 is 1.21 bits per heavy atom. The molecule has 1 N–H and O–H groups in total. The van der Waals surface area contributed by atoms with Crippen LogP contribution in [0.2, 0.25) is 0 Å². The molecule has 0 radical (unpaired) electrons. The highest BCUT2D eigenvalue weighted by atomic mass is 19.1. The fourth-order valence-corrected chi connectivity index (χ4v) is 2.92. The van der Waals surface area contributed by atoms with Gasteiger partial charge in [0.05, 0.1) is 0 Å². The van der Waals surface area contributed by atoms with Crippen molar-refractivity contribution in [1.82, 2.24) is 5.32 Å². The van der Waals surface area contributed by atoms with Gasteiger partial charge in [0, 0.05) is 6.04 Å². The van der Waals surface area contributed by atoms with Gasteiger partial charge in [0.25, 0.3) is 0 Å². The van der Waals surface area contributed by atoms with E-state index in [0.29, 0.717) is 11.3 Å². The molecule has 108 valence electrons. The summed E-state index contributed by atoms with van der Waals surface area (Å²) in [7, 11) is 1.95. The molecule has 1 aromatic carbocycles. The lowest BCUT2D eigenvalue weighted by Gasteiger charge is -2.27. The summed E-state index contributed by atoms with van der Waals surface area (Å²) in [6.45, 7) is 11.0. The summed E-state index contributed by atoms with van der Waals surface area (Å²) < 4.78 is 13.5. The Morgan fingerprint density at radius 3 is 2.32 bits per heavy atom. The Balaban J connectivity index is 2.77. The van der Waals surface area contributed by atoms with Crippen molar-refractivity contribution >= 4 is 0 Å². The van der Waals surface area contributed by atoms with Gasteiger partial charge in [0.2, 0.25) is 0 Å². The number of rotatable bonds is 5. The largest absolute Gasteiger partial charge is 0.313 e. The summed E-state index contributed by atoms with van der Waals surface area (Å²) in [5.74, 6) is 0.472. The SMILES string of the molecule is CNC(CC(C)CC(C)(C)C)c1cc(C)cc(F)c1. The molecule has 0 heterocycles. The zero-order valence-corrected chi connectivity index (χ0v) is 13.2. The van der Waals surface area contributed by atoms with Crippen LogP contribution in [0.4, 0.5) is 4.39 Å². The lowest BCUT2D eigenvalue weighted by molar-refractivity contribution is 0.279. The van der Waals surface area contributed by atoms with Crippen LogP contribution >= 0.6 is 0 Å². The van der Waals surface area contributed by atoms with Crippen LogP contribution in [0.15, 0.2) is 18.2 Å². The average molecular weight is 265 g/mol. The van der Waals surface area contributed by atoms with Gasteiger partial charge in [-0.25, -0.2) is 4.39 Å². The molecule has 0 fully saturated rings. The first-order chi connectivity index (χ1) is 8.71. The van der Waals surface area contributed by atoms with Crippen LogP contribution in [0.3, 0.4) is 0 Å². The first-order valence-corrected chi connectivity index (χ1v) is 7.15. The van der Waals surface area contributed by atoms with E-state index in [0.717, 1.165) is 17.5 Å². The van der Waals surface area contributed by atoms with Gasteiger partial charge in [-0.3, -0.25) is 0 Å². The second-order valence-electron chi connectivity index (χ2n) is 7.01. The molecular formula is C17H28FN. The lowest BCUT2D eigenvalue weighted by atomic mass is 9.82. The third kappa shape index (κ3) is 5.73. The Labute approximate surface area is 117 Å². The molecule has 0 aliphatic rings. The maximum absolute atomic E-state index is 13.5. The summed E-state index contributed by atoms with van der Waals surface area (Å²) in [5, 5.41) is 3.32. The minimum Gasteiger partial charge on any atom is -0.313 e. The number of hydrogen-bond acceptors (Lipinski definition) is 1. The van der Waals surface area contributed by atoms with Crippen LogP contribution in [0.25, 0.3) is 0 Å². The number of aryl methyl sites for hydroxylation is 1. The Hall–Kier alpha value is -0.890. The van der Waals surface area contributed by atoms with Crippen molar-refractivity contribution in [2.75, 3.05) is 7.05 Å². The minimum atomic E-state index is -0.140. The molecule has 0 spiro atoms. The standard InChI is InChI=1S/C17H28FN/c1-12-7-14(10-15(18)8-12)16(19-6)9-13(2)11-17(3,4)5/h7-8,10,13,16,19H,9,11H2,1-6H3. The highest BCUT2D eigenvalue weighted by molar-refractivity contribution is 5.26. The van der Waals surface area contributed by atoms with Gasteiger partial charge in [-0.05, 0) is 61.4 Å². The van der Waals surface area contributed by atoms with E-state index in [4.69, 9.17) is 0 Å². The first-order valence-electron chi connectivity index (χ1n) is 7.15. The van der Waals surface area contributed by atoms with Gasteiger partial charge in [-0.2, -0.15) is 0 Å². The first kappa shape index (κ1) is 16.2. The summed E-state index contributed by atoms with van der Waals surface area (Å²) >= 11 is 0. The Bertz CT molecular complexity index is 386. The van der Waals surface area contributed by atoms with E-state index in [9.17, 15) is 4.39 Å². The van der Waals surface area contributed by atoms with E-state index in [-0.39, 0.29) is 11.9 Å². The fraction of sp³-hybridized carbons (Fsp3) is 0.647. The van der Waals surface area contributed by atoms with Crippen molar-refractivity contribution < 1.29 is 4.39 Å². The van der Waals surface area contributed by atoms with Gasteiger partial charge in [-0.15, -0.1) is 0 Å². The van der Waals surface area contributed by atoms with Crippen molar-refractivity contribution in [2.45, 2.75) is 53.5 Å². The molecule has 0 aliphatic carbocycles. The van der Waals surface area contributed by atoms with Gasteiger partial charge < -0.3 is 5.32 Å². The Morgan fingerprint density at radius 2 is 1.84 bits per heavy atom. The predicted molar refractivity (Wildman–Crippen MR) is 80.8 cm³/mol. The molecule has 0 amide bonds. The molecule has 2 heteroatoms. The predicted octanol–water partition coefficient (Wildman–Crippen LogP) is 4.86. The molecular weight excluding hydrogens is 237 g/mol. The molecule has 2 atom stereocenters. The highest BCUT2D eigenvalue weighted by Gasteiger charge is 2.19. The smallest absolute Gasteiger partial charge is 0.123 e. The monoisotopic (exact) mass is 265 g/mol. The van der Waals surface area contributed by atoms with Crippen molar-refractivity contribution in [3.05, 3.63) is 35.1 Å². The van der Waals surface area contributed by atoms with Crippen molar-refractivity contribution in [2.24, 2.45) is 11.3 Å². The summed E-state index contributed by atoms with van der Waals surface area (Å²) in [5.41, 5.74) is 2.38. The topological polar surface area (TPSA) is 12.0 Å². The quantitative estimate of drug-likeness (QED) is 0.802. The highest BCUT2D eigenvalue weighted by Crippen LogP contribution is 2.30. The third-order valence-corrected chi connectivity index (χ3v) is 3.41. The van der Waals surface area contributed by atoms with Crippen molar-refractivity contribution in [3.63, 3.8) is 0 Å². The number of nitrogens with one attached hydrogen (secondary N) is 1. The fourth-order valence-electron chi connectivity index (χ4n) is 2.92. The van der Waals surface area contributed by atoms with Crippen LogP contribution in [0.1, 0.15) is 57.7 Å². The van der Waals surface area contributed by atoms with E-state index < -0.39 is 0 Å². The van der Waals surface area contributed by atoms with Crippen LogP contribution in [0, 0.1) is 24.1 Å². The molecule has 0 bridgehead atoms. The van der Waals surface area contributed by atoms with Crippen molar-refractivity contribution in [1.29, 1.82) is 0 Å². The second kappa shape index (κ2) is 6.51. The molecule has 0 saturated heterocycles. The minimum absolute atomic E-state index is 0.140. The summed E-state index contributed by atoms with van der Waals surface area (Å²) in [6.07, 6.45) is 2.22. The van der Waals surface area contributed by atoms with Gasteiger partial charge in [0.1, 0.15) is 5.82 Å². The molecule has 0 aromatic heterocycles. The zero-order valence-electron chi connectivity index (χ0n) is 13.2. The second-order valence-corrected chi connectivity index (χ2v) is 7.01. The zero-order chi connectivity index (χ0) is 14.6. The van der Waals surface area contributed by atoms with E-state index >= 15 is 0 Å². The van der Waals surface area contributed by atoms with E-state index in [1.165, 1.54) is 6.42 Å². The van der Waals surface area contributed by atoms with E-state index in [2.05, 4.69) is 39.1 Å². The van der Waals surface area contributed by atoms with Crippen LogP contribution in [-0.2, 0) is 0 Å². The number of halogens is 1. The third-order valence-electron chi connectivity index (χ3n) is 3.41. The maximum Gasteiger partial charge on any atom is 0.123 e. The summed E-state index contributed by atoms with van der Waals surface area (Å²) in [4.78, 5) is 0. The molecule has 19 heavy (non-hydrogen) atoms. The lowest BCUT2D eigenvalue weighted by Crippen LogP contribution is -2.21. The normalized spacial score (nSPS) is 15.3. The molecule has 0 saturated carbocycles. The van der Waals surface area contributed by atoms with E-state index in [1.54, 1.807) is 12.1 Å². The van der Waals surface area contributed by atoms with Gasteiger partial charge >= 0.3 is 0 Å². The maximum atomic E-state index is 13.5. The Kier molecular flexibility index (Phi) is 5.54. The summed E-state index contributed by atoms with van der Waals surface area (Å²) in [6, 6.07) is 5.53. The molecule has 1 nitrogen and oxygen atoms in total. The molecule has 1 rings (SSSR count).